The van der Waals surface area contributed by atoms with Gasteiger partial charge in [0.15, 0.2) is 5.65 Å². The van der Waals surface area contributed by atoms with Crippen LogP contribution >= 0.6 is 0 Å². The number of hydrogen-bond acceptors (Lipinski definition) is 5. The van der Waals surface area contributed by atoms with Crippen LogP contribution in [0.5, 0.6) is 5.75 Å². The summed E-state index contributed by atoms with van der Waals surface area (Å²) in [5, 5.41) is 0. The Bertz CT molecular complexity index is 983. The molecule has 0 saturated heterocycles. The second-order valence-corrected chi connectivity index (χ2v) is 7.40. The van der Waals surface area contributed by atoms with E-state index in [0.29, 0.717) is 24.2 Å². The number of benzene rings is 1. The van der Waals surface area contributed by atoms with Crippen molar-refractivity contribution >= 4 is 17.1 Å². The largest absolute Gasteiger partial charge is 0.497 e. The summed E-state index contributed by atoms with van der Waals surface area (Å²) < 4.78 is 12.6. The summed E-state index contributed by atoms with van der Waals surface area (Å²) in [5.74, 6) is 0.655. The van der Waals surface area contributed by atoms with E-state index in [1.54, 1.807) is 31.6 Å². The molecule has 0 saturated carbocycles. The Hall–Kier alpha value is -2.93. The summed E-state index contributed by atoms with van der Waals surface area (Å²) in [5.41, 5.74) is 2.99. The molecule has 0 fully saturated rings. The predicted octanol–water partition coefficient (Wildman–Crippen LogP) is 3.70. The fourth-order valence-corrected chi connectivity index (χ4v) is 3.31. The highest BCUT2D eigenvalue weighted by Crippen LogP contribution is 2.20. The molecule has 7 heteroatoms. The lowest BCUT2D eigenvalue weighted by molar-refractivity contribution is 0.0541. The SMILES string of the molecule is COCC(C)N(Cc1cccc(OC)c1)C(=O)c1cnc2c(c1)ncn2C(C)C. The van der Waals surface area contributed by atoms with Gasteiger partial charge in [-0.1, -0.05) is 12.1 Å². The van der Waals surface area contributed by atoms with Gasteiger partial charge >= 0.3 is 0 Å². The Labute approximate surface area is 171 Å². The fraction of sp³-hybridized carbons (Fsp3) is 0.409. The lowest BCUT2D eigenvalue weighted by Gasteiger charge is -2.29. The van der Waals surface area contributed by atoms with E-state index in [4.69, 9.17) is 9.47 Å². The molecule has 0 radical (unpaired) electrons. The molecule has 3 rings (SSSR count). The molecule has 1 amide bonds. The molecule has 0 aliphatic heterocycles. The number of imidazole rings is 1. The standard InChI is InChI=1S/C22H28N4O3/c1-15(2)26-14-24-20-10-18(11-23-21(20)26)22(27)25(16(3)13-28-4)12-17-7-6-8-19(9-17)29-5/h6-11,14-16H,12-13H2,1-5H3. The summed E-state index contributed by atoms with van der Waals surface area (Å²) in [6.45, 7) is 7.00. The maximum absolute atomic E-state index is 13.4. The number of amides is 1. The van der Waals surface area contributed by atoms with Gasteiger partial charge < -0.3 is 18.9 Å². The van der Waals surface area contributed by atoms with Crippen LogP contribution in [0.1, 0.15) is 42.7 Å². The molecule has 1 aromatic carbocycles. The van der Waals surface area contributed by atoms with Gasteiger partial charge in [0.25, 0.3) is 5.91 Å². The van der Waals surface area contributed by atoms with E-state index in [1.807, 2.05) is 41.8 Å². The Morgan fingerprint density at radius 1 is 1.17 bits per heavy atom. The number of carbonyl (C=O) groups is 1. The number of pyridine rings is 1. The number of fused-ring (bicyclic) bond motifs is 1. The van der Waals surface area contributed by atoms with Crippen LogP contribution in [0, 0.1) is 0 Å². The maximum atomic E-state index is 13.4. The van der Waals surface area contributed by atoms with Gasteiger partial charge in [0.1, 0.15) is 11.3 Å². The molecule has 2 heterocycles. The van der Waals surface area contributed by atoms with Crippen LogP contribution in [0.2, 0.25) is 0 Å². The lowest BCUT2D eigenvalue weighted by Crippen LogP contribution is -2.40. The summed E-state index contributed by atoms with van der Waals surface area (Å²) in [6, 6.07) is 9.67. The van der Waals surface area contributed by atoms with Crippen LogP contribution in [0.4, 0.5) is 0 Å². The molecule has 2 aromatic heterocycles. The smallest absolute Gasteiger partial charge is 0.256 e. The Morgan fingerprint density at radius 2 is 1.97 bits per heavy atom. The van der Waals surface area contributed by atoms with Gasteiger partial charge in [-0.25, -0.2) is 9.97 Å². The number of carbonyl (C=O) groups excluding carboxylic acids is 1. The minimum atomic E-state index is -0.109. The number of methoxy groups -OCH3 is 2. The molecule has 0 aliphatic rings. The molecule has 29 heavy (non-hydrogen) atoms. The molecule has 0 spiro atoms. The van der Waals surface area contributed by atoms with Crippen LogP contribution < -0.4 is 4.74 Å². The molecular formula is C22H28N4O3. The van der Waals surface area contributed by atoms with Gasteiger partial charge in [-0.05, 0) is 44.5 Å². The minimum Gasteiger partial charge on any atom is -0.497 e. The van der Waals surface area contributed by atoms with Crippen molar-refractivity contribution < 1.29 is 14.3 Å². The third-order valence-corrected chi connectivity index (χ3v) is 4.90. The molecule has 1 unspecified atom stereocenters. The summed E-state index contributed by atoms with van der Waals surface area (Å²) in [4.78, 5) is 24.1. The third kappa shape index (κ3) is 4.56. The van der Waals surface area contributed by atoms with E-state index in [1.165, 1.54) is 0 Å². The third-order valence-electron chi connectivity index (χ3n) is 4.90. The van der Waals surface area contributed by atoms with E-state index in [-0.39, 0.29) is 18.0 Å². The molecule has 154 valence electrons. The molecule has 3 aromatic rings. The highest BCUT2D eigenvalue weighted by atomic mass is 16.5. The van der Waals surface area contributed by atoms with Gasteiger partial charge in [-0.3, -0.25) is 4.79 Å². The zero-order valence-corrected chi connectivity index (χ0v) is 17.6. The molecule has 0 N–H and O–H groups in total. The zero-order valence-electron chi connectivity index (χ0n) is 17.6. The summed E-state index contributed by atoms with van der Waals surface area (Å²) in [6.07, 6.45) is 3.39. The first-order valence-corrected chi connectivity index (χ1v) is 9.70. The van der Waals surface area contributed by atoms with Crippen molar-refractivity contribution in [2.24, 2.45) is 0 Å². The average Bonchev–Trinajstić information content (AvgIpc) is 3.15. The van der Waals surface area contributed by atoms with Crippen molar-refractivity contribution in [2.75, 3.05) is 20.8 Å². The van der Waals surface area contributed by atoms with Gasteiger partial charge in [-0.2, -0.15) is 0 Å². The van der Waals surface area contributed by atoms with E-state index in [9.17, 15) is 4.79 Å². The van der Waals surface area contributed by atoms with Crippen molar-refractivity contribution in [3.05, 3.63) is 54.0 Å². The van der Waals surface area contributed by atoms with Crippen molar-refractivity contribution in [3.63, 3.8) is 0 Å². The molecule has 0 aliphatic carbocycles. The number of aromatic nitrogens is 3. The van der Waals surface area contributed by atoms with Gasteiger partial charge in [0.05, 0.1) is 31.6 Å². The topological polar surface area (TPSA) is 69.5 Å². The van der Waals surface area contributed by atoms with Crippen LogP contribution in [-0.2, 0) is 11.3 Å². The quantitative estimate of drug-likeness (QED) is 0.581. The van der Waals surface area contributed by atoms with E-state index in [0.717, 1.165) is 17.0 Å². The Balaban J connectivity index is 1.92. The first-order valence-electron chi connectivity index (χ1n) is 9.70. The number of ether oxygens (including phenoxy) is 2. The van der Waals surface area contributed by atoms with Crippen molar-refractivity contribution in [1.82, 2.24) is 19.4 Å². The van der Waals surface area contributed by atoms with Gasteiger partial charge in [0, 0.05) is 25.9 Å². The van der Waals surface area contributed by atoms with Crippen molar-refractivity contribution in [3.8, 4) is 5.75 Å². The fourth-order valence-electron chi connectivity index (χ4n) is 3.31. The van der Waals surface area contributed by atoms with Gasteiger partial charge in [-0.15, -0.1) is 0 Å². The highest BCUT2D eigenvalue weighted by molar-refractivity contribution is 5.96. The van der Waals surface area contributed by atoms with Crippen LogP contribution in [0.3, 0.4) is 0 Å². The molecular weight excluding hydrogens is 368 g/mol. The Morgan fingerprint density at radius 3 is 2.66 bits per heavy atom. The highest BCUT2D eigenvalue weighted by Gasteiger charge is 2.23. The molecule has 1 atom stereocenters. The number of rotatable bonds is 8. The minimum absolute atomic E-state index is 0.106. The van der Waals surface area contributed by atoms with E-state index < -0.39 is 0 Å². The molecule has 7 nitrogen and oxygen atoms in total. The van der Waals surface area contributed by atoms with E-state index >= 15 is 0 Å². The molecule has 0 bridgehead atoms. The summed E-state index contributed by atoms with van der Waals surface area (Å²) in [7, 11) is 3.27. The predicted molar refractivity (Wildman–Crippen MR) is 112 cm³/mol. The summed E-state index contributed by atoms with van der Waals surface area (Å²) >= 11 is 0. The van der Waals surface area contributed by atoms with E-state index in [2.05, 4.69) is 23.8 Å². The second-order valence-electron chi connectivity index (χ2n) is 7.40. The first-order chi connectivity index (χ1) is 13.9. The number of hydrogen-bond donors (Lipinski definition) is 0. The maximum Gasteiger partial charge on any atom is 0.256 e. The Kier molecular flexibility index (Phi) is 6.49. The average molecular weight is 396 g/mol. The van der Waals surface area contributed by atoms with Crippen LogP contribution in [0.25, 0.3) is 11.2 Å². The first kappa shape index (κ1) is 20.8. The second kappa shape index (κ2) is 9.05. The van der Waals surface area contributed by atoms with Gasteiger partial charge in [0.2, 0.25) is 0 Å². The van der Waals surface area contributed by atoms with Crippen molar-refractivity contribution in [1.29, 1.82) is 0 Å². The van der Waals surface area contributed by atoms with Crippen molar-refractivity contribution in [2.45, 2.75) is 39.4 Å². The van der Waals surface area contributed by atoms with Crippen LogP contribution in [0.15, 0.2) is 42.9 Å². The van der Waals surface area contributed by atoms with Crippen LogP contribution in [-0.4, -0.2) is 52.2 Å². The zero-order chi connectivity index (χ0) is 21.0. The monoisotopic (exact) mass is 396 g/mol. The lowest BCUT2D eigenvalue weighted by atomic mass is 10.1. The number of nitrogens with zero attached hydrogens (tertiary/aromatic N) is 4. The normalized spacial score (nSPS) is 12.3.